The SMILES string of the molecule is Cn1nc(NN)cc1OC(F)F. The molecule has 0 aliphatic carbocycles. The van der Waals surface area contributed by atoms with Gasteiger partial charge in [-0.05, 0) is 0 Å². The number of rotatable bonds is 3. The highest BCUT2D eigenvalue weighted by Crippen LogP contribution is 2.16. The van der Waals surface area contributed by atoms with E-state index < -0.39 is 6.61 Å². The fourth-order valence-electron chi connectivity index (χ4n) is 0.722. The van der Waals surface area contributed by atoms with Crippen LogP contribution >= 0.6 is 0 Å². The second-order valence-electron chi connectivity index (χ2n) is 2.01. The highest BCUT2D eigenvalue weighted by Gasteiger charge is 2.09. The van der Waals surface area contributed by atoms with Crippen LogP contribution in [0.1, 0.15) is 0 Å². The molecule has 1 aromatic heterocycles. The van der Waals surface area contributed by atoms with Crippen LogP contribution in [-0.4, -0.2) is 16.4 Å². The summed E-state index contributed by atoms with van der Waals surface area (Å²) in [5.41, 5.74) is 2.20. The number of nitrogens with two attached hydrogens (primary N) is 1. The maximum atomic E-state index is 11.7. The van der Waals surface area contributed by atoms with E-state index in [1.807, 2.05) is 0 Å². The van der Waals surface area contributed by atoms with Crippen LogP contribution in [0.4, 0.5) is 14.6 Å². The Bertz CT molecular complexity index is 262. The molecule has 0 radical (unpaired) electrons. The minimum atomic E-state index is -2.86. The Balaban J connectivity index is 2.77. The molecule has 0 fully saturated rings. The Hall–Kier alpha value is -1.37. The van der Waals surface area contributed by atoms with Crippen LogP contribution in [0.15, 0.2) is 6.07 Å². The number of hydrazine groups is 1. The van der Waals surface area contributed by atoms with Gasteiger partial charge in [-0.1, -0.05) is 0 Å². The number of nitrogens with one attached hydrogen (secondary N) is 1. The number of alkyl halides is 2. The van der Waals surface area contributed by atoms with Crippen molar-refractivity contribution in [3.05, 3.63) is 6.07 Å². The molecule has 0 aliphatic rings. The first-order valence-electron chi connectivity index (χ1n) is 3.09. The summed E-state index contributed by atoms with van der Waals surface area (Å²) >= 11 is 0. The lowest BCUT2D eigenvalue weighted by Crippen LogP contribution is -2.07. The summed E-state index contributed by atoms with van der Waals surface area (Å²) in [7, 11) is 1.47. The van der Waals surface area contributed by atoms with Crippen molar-refractivity contribution in [3.8, 4) is 5.88 Å². The molecule has 0 aliphatic heterocycles. The first-order valence-corrected chi connectivity index (χ1v) is 3.09. The minimum absolute atomic E-state index is 0.0436. The summed E-state index contributed by atoms with van der Waals surface area (Å²) in [4.78, 5) is 0. The molecule has 0 aromatic carbocycles. The van der Waals surface area contributed by atoms with Crippen molar-refractivity contribution in [2.45, 2.75) is 6.61 Å². The molecule has 0 unspecified atom stereocenters. The molecule has 0 atom stereocenters. The van der Waals surface area contributed by atoms with Gasteiger partial charge in [0, 0.05) is 13.1 Å². The van der Waals surface area contributed by atoms with Crippen molar-refractivity contribution in [2.75, 3.05) is 5.43 Å². The second-order valence-corrected chi connectivity index (χ2v) is 2.01. The van der Waals surface area contributed by atoms with Crippen LogP contribution in [0.3, 0.4) is 0 Å². The topological polar surface area (TPSA) is 65.1 Å². The minimum Gasteiger partial charge on any atom is -0.417 e. The number of anilines is 1. The number of aryl methyl sites for hydroxylation is 1. The summed E-state index contributed by atoms with van der Waals surface area (Å²) < 4.78 is 28.7. The lowest BCUT2D eigenvalue weighted by molar-refractivity contribution is -0.0553. The van der Waals surface area contributed by atoms with E-state index >= 15 is 0 Å². The van der Waals surface area contributed by atoms with E-state index in [1.54, 1.807) is 0 Å². The first kappa shape index (κ1) is 8.72. The normalized spacial score (nSPS) is 10.4. The van der Waals surface area contributed by atoms with Gasteiger partial charge in [0.2, 0.25) is 5.88 Å². The molecule has 0 spiro atoms. The zero-order chi connectivity index (χ0) is 9.14. The van der Waals surface area contributed by atoms with E-state index in [2.05, 4.69) is 15.3 Å². The number of hydrogen-bond donors (Lipinski definition) is 2. The summed E-state index contributed by atoms with van der Waals surface area (Å²) in [5.74, 6) is 5.22. The number of ether oxygens (including phenoxy) is 1. The van der Waals surface area contributed by atoms with Crippen LogP contribution in [0, 0.1) is 0 Å². The highest BCUT2D eigenvalue weighted by atomic mass is 19.3. The smallest absolute Gasteiger partial charge is 0.388 e. The Morgan fingerprint density at radius 1 is 1.75 bits per heavy atom. The van der Waals surface area contributed by atoms with Gasteiger partial charge in [-0.3, -0.25) is 0 Å². The van der Waals surface area contributed by atoms with Crippen LogP contribution in [-0.2, 0) is 7.05 Å². The van der Waals surface area contributed by atoms with Gasteiger partial charge >= 0.3 is 6.61 Å². The molecular weight excluding hydrogens is 170 g/mol. The van der Waals surface area contributed by atoms with Crippen molar-refractivity contribution in [1.82, 2.24) is 9.78 Å². The van der Waals surface area contributed by atoms with Crippen LogP contribution in [0.5, 0.6) is 5.88 Å². The summed E-state index contributed by atoms with van der Waals surface area (Å²) in [5, 5.41) is 3.70. The van der Waals surface area contributed by atoms with Crippen molar-refractivity contribution < 1.29 is 13.5 Å². The monoisotopic (exact) mass is 178 g/mol. The number of halogens is 2. The fourth-order valence-corrected chi connectivity index (χ4v) is 0.722. The average molecular weight is 178 g/mol. The van der Waals surface area contributed by atoms with Gasteiger partial charge in [0.1, 0.15) is 0 Å². The third-order valence-corrected chi connectivity index (χ3v) is 1.19. The van der Waals surface area contributed by atoms with Gasteiger partial charge in [0.05, 0.1) is 0 Å². The van der Waals surface area contributed by atoms with Gasteiger partial charge in [-0.2, -0.15) is 13.9 Å². The molecule has 1 aromatic rings. The lowest BCUT2D eigenvalue weighted by atomic mass is 10.6. The average Bonchev–Trinajstić information content (AvgIpc) is 2.31. The molecule has 0 amide bonds. The van der Waals surface area contributed by atoms with E-state index in [4.69, 9.17) is 5.84 Å². The summed E-state index contributed by atoms with van der Waals surface area (Å²) in [6.45, 7) is -2.86. The van der Waals surface area contributed by atoms with Gasteiger partial charge in [-0.25, -0.2) is 10.5 Å². The summed E-state index contributed by atoms with van der Waals surface area (Å²) in [6, 6.07) is 1.27. The second kappa shape index (κ2) is 3.35. The third-order valence-electron chi connectivity index (χ3n) is 1.19. The van der Waals surface area contributed by atoms with E-state index in [1.165, 1.54) is 13.1 Å². The number of aromatic nitrogens is 2. The van der Waals surface area contributed by atoms with Crippen molar-refractivity contribution in [1.29, 1.82) is 0 Å². The van der Waals surface area contributed by atoms with E-state index in [-0.39, 0.29) is 11.7 Å². The van der Waals surface area contributed by atoms with Gasteiger partial charge in [0.25, 0.3) is 0 Å². The number of nitrogen functional groups attached to an aromatic ring is 1. The molecule has 0 saturated carbocycles. The fraction of sp³-hybridized carbons (Fsp3) is 0.400. The Labute approximate surface area is 67.1 Å². The standard InChI is InChI=1S/C5H8F2N4O/c1-11-4(12-5(6)7)2-3(9-8)10-11/h2,5H,8H2,1H3,(H,9,10). The number of nitrogens with zero attached hydrogens (tertiary/aromatic N) is 2. The predicted octanol–water partition coefficient (Wildman–Crippen LogP) is 0.307. The van der Waals surface area contributed by atoms with Crippen LogP contribution < -0.4 is 16.0 Å². The Morgan fingerprint density at radius 3 is 2.83 bits per heavy atom. The zero-order valence-electron chi connectivity index (χ0n) is 6.29. The third kappa shape index (κ3) is 1.82. The van der Waals surface area contributed by atoms with E-state index in [0.717, 1.165) is 4.68 Å². The molecule has 68 valence electrons. The van der Waals surface area contributed by atoms with Crippen molar-refractivity contribution in [2.24, 2.45) is 12.9 Å². The van der Waals surface area contributed by atoms with Crippen molar-refractivity contribution in [3.63, 3.8) is 0 Å². The lowest BCUT2D eigenvalue weighted by Gasteiger charge is -2.01. The van der Waals surface area contributed by atoms with Crippen molar-refractivity contribution >= 4 is 5.82 Å². The molecule has 0 saturated heterocycles. The van der Waals surface area contributed by atoms with Crippen LogP contribution in [0.2, 0.25) is 0 Å². The van der Waals surface area contributed by atoms with Crippen LogP contribution in [0.25, 0.3) is 0 Å². The van der Waals surface area contributed by atoms with Gasteiger partial charge in [-0.15, -0.1) is 0 Å². The first-order chi connectivity index (χ1) is 5.63. The Kier molecular flexibility index (Phi) is 2.44. The molecule has 12 heavy (non-hydrogen) atoms. The van der Waals surface area contributed by atoms with E-state index in [0.29, 0.717) is 0 Å². The predicted molar refractivity (Wildman–Crippen MR) is 37.7 cm³/mol. The number of hydrogen-bond acceptors (Lipinski definition) is 4. The molecular formula is C5H8F2N4O. The highest BCUT2D eigenvalue weighted by molar-refractivity contribution is 5.36. The molecule has 1 heterocycles. The molecule has 3 N–H and O–H groups in total. The molecule has 1 rings (SSSR count). The Morgan fingerprint density at radius 2 is 2.42 bits per heavy atom. The molecule has 5 nitrogen and oxygen atoms in total. The molecule has 0 bridgehead atoms. The van der Waals surface area contributed by atoms with Gasteiger partial charge < -0.3 is 10.2 Å². The molecule has 7 heteroatoms. The quantitative estimate of drug-likeness (QED) is 0.516. The maximum Gasteiger partial charge on any atom is 0.388 e. The maximum absolute atomic E-state index is 11.7. The van der Waals surface area contributed by atoms with Gasteiger partial charge in [0.15, 0.2) is 5.82 Å². The van der Waals surface area contributed by atoms with E-state index in [9.17, 15) is 8.78 Å². The summed E-state index contributed by atoms with van der Waals surface area (Å²) in [6.07, 6.45) is 0. The largest absolute Gasteiger partial charge is 0.417 e. The zero-order valence-corrected chi connectivity index (χ0v) is 6.29.